The van der Waals surface area contributed by atoms with Gasteiger partial charge in [0.05, 0.1) is 5.56 Å². The molecule has 0 saturated carbocycles. The van der Waals surface area contributed by atoms with Crippen LogP contribution >= 0.6 is 24.8 Å². The number of esters is 1. The van der Waals surface area contributed by atoms with Crippen molar-refractivity contribution >= 4 is 65.0 Å². The molecule has 174 valence electrons. The Labute approximate surface area is 201 Å². The van der Waals surface area contributed by atoms with Gasteiger partial charge in [0.1, 0.15) is 17.5 Å². The highest BCUT2D eigenvalue weighted by Gasteiger charge is 2.21. The number of nitrogens with two attached hydrogens (primary N) is 2. The lowest BCUT2D eigenvalue weighted by molar-refractivity contribution is -0.139. The molecule has 33 heavy (non-hydrogen) atoms. The van der Waals surface area contributed by atoms with E-state index in [4.69, 9.17) is 27.0 Å². The third kappa shape index (κ3) is 7.09. The topological polar surface area (TPSA) is 175 Å². The average Bonchev–Trinajstić information content (AvgIpc) is 2.71. The standard InChI is InChI=1S/C22H21N5O4.2ClH/c23-19(24)18(20(28)29)10-12-1-2-15-11-17(8-5-14(15)9-12)31-21(30)13-3-6-16(7-4-13)27-22(25)26;;/h1-9,11,18H,10H2,(H3,23,24)(H,28,29)(H4,25,26,27);2*1H. The van der Waals surface area contributed by atoms with E-state index in [1.165, 1.54) is 0 Å². The van der Waals surface area contributed by atoms with E-state index >= 15 is 0 Å². The molecule has 0 spiro atoms. The number of halogens is 2. The first-order chi connectivity index (χ1) is 14.7. The summed E-state index contributed by atoms with van der Waals surface area (Å²) in [6.45, 7) is 0. The Morgan fingerprint density at radius 1 is 0.939 bits per heavy atom. The molecule has 0 saturated heterocycles. The third-order valence-electron chi connectivity index (χ3n) is 4.60. The predicted octanol–water partition coefficient (Wildman–Crippen LogP) is 3.39. The second-order valence-electron chi connectivity index (χ2n) is 6.90. The number of carboxylic acids is 1. The quantitative estimate of drug-likeness (QED) is 0.127. The number of ether oxygens (including phenoxy) is 1. The van der Waals surface area contributed by atoms with Crippen molar-refractivity contribution < 1.29 is 19.4 Å². The number of hydrogen-bond acceptors (Lipinski definition) is 5. The highest BCUT2D eigenvalue weighted by atomic mass is 35.5. The zero-order valence-electron chi connectivity index (χ0n) is 17.2. The zero-order chi connectivity index (χ0) is 22.5. The van der Waals surface area contributed by atoms with E-state index < -0.39 is 17.9 Å². The number of guanidine groups is 1. The van der Waals surface area contributed by atoms with Gasteiger partial charge in [0.2, 0.25) is 0 Å². The van der Waals surface area contributed by atoms with Gasteiger partial charge in [-0.05, 0) is 59.2 Å². The Balaban J connectivity index is 0.00000272. The van der Waals surface area contributed by atoms with Crippen LogP contribution in [0.2, 0.25) is 0 Å². The molecule has 0 aromatic heterocycles. The van der Waals surface area contributed by atoms with Crippen LogP contribution in [0, 0.1) is 16.7 Å². The van der Waals surface area contributed by atoms with Gasteiger partial charge in [-0.1, -0.05) is 24.3 Å². The SMILES string of the molecule is Cl.Cl.N=C(N)Nc1ccc(C(=O)Oc2ccc3cc(CC(C(=N)N)C(=O)O)ccc3c2)cc1. The minimum absolute atomic E-state index is 0. The Kier molecular flexibility index (Phi) is 9.65. The average molecular weight is 492 g/mol. The molecule has 0 fully saturated rings. The van der Waals surface area contributed by atoms with Gasteiger partial charge in [0.15, 0.2) is 5.96 Å². The van der Waals surface area contributed by atoms with Crippen LogP contribution in [-0.2, 0) is 11.2 Å². The number of amidine groups is 1. The minimum Gasteiger partial charge on any atom is -0.481 e. The highest BCUT2D eigenvalue weighted by Crippen LogP contribution is 2.24. The molecule has 0 radical (unpaired) electrons. The number of anilines is 1. The van der Waals surface area contributed by atoms with Crippen LogP contribution in [0.25, 0.3) is 10.8 Å². The number of aliphatic carboxylic acids is 1. The van der Waals surface area contributed by atoms with Crippen LogP contribution in [0.15, 0.2) is 60.7 Å². The fourth-order valence-corrected chi connectivity index (χ4v) is 3.04. The van der Waals surface area contributed by atoms with Crippen molar-refractivity contribution in [2.24, 2.45) is 17.4 Å². The minimum atomic E-state index is -1.14. The Morgan fingerprint density at radius 2 is 1.55 bits per heavy atom. The first-order valence-corrected chi connectivity index (χ1v) is 9.25. The van der Waals surface area contributed by atoms with Crippen LogP contribution in [0.1, 0.15) is 15.9 Å². The Bertz CT molecular complexity index is 1170. The summed E-state index contributed by atoms with van der Waals surface area (Å²) < 4.78 is 5.44. The molecule has 8 N–H and O–H groups in total. The summed E-state index contributed by atoms with van der Waals surface area (Å²) in [5, 5.41) is 28.1. The molecule has 1 unspecified atom stereocenters. The molecule has 0 bridgehead atoms. The number of hydrogen-bond donors (Lipinski definition) is 6. The van der Waals surface area contributed by atoms with Crippen LogP contribution in [-0.4, -0.2) is 28.8 Å². The molecule has 3 rings (SSSR count). The summed E-state index contributed by atoms with van der Waals surface area (Å²) in [5.74, 6) is -2.97. The molecule has 0 aliphatic rings. The molecule has 0 heterocycles. The molecule has 1 atom stereocenters. The molecule has 9 nitrogen and oxygen atoms in total. The molecule has 3 aromatic rings. The highest BCUT2D eigenvalue weighted by molar-refractivity contribution is 5.98. The van der Waals surface area contributed by atoms with E-state index in [2.05, 4.69) is 5.32 Å². The molecule has 0 aliphatic carbocycles. The van der Waals surface area contributed by atoms with Gasteiger partial charge >= 0.3 is 11.9 Å². The Hall–Kier alpha value is -3.82. The van der Waals surface area contributed by atoms with E-state index in [0.29, 0.717) is 17.0 Å². The van der Waals surface area contributed by atoms with Gasteiger partial charge in [-0.15, -0.1) is 24.8 Å². The fourth-order valence-electron chi connectivity index (χ4n) is 3.04. The van der Waals surface area contributed by atoms with Gasteiger partial charge in [-0.2, -0.15) is 0 Å². The third-order valence-corrected chi connectivity index (χ3v) is 4.60. The number of carboxylic acid groups (broad SMARTS) is 1. The number of carbonyl (C=O) groups is 2. The smallest absolute Gasteiger partial charge is 0.343 e. The maximum Gasteiger partial charge on any atom is 0.343 e. The predicted molar refractivity (Wildman–Crippen MR) is 132 cm³/mol. The maximum absolute atomic E-state index is 12.4. The largest absolute Gasteiger partial charge is 0.481 e. The van der Waals surface area contributed by atoms with Crippen molar-refractivity contribution in [3.8, 4) is 5.75 Å². The van der Waals surface area contributed by atoms with Crippen molar-refractivity contribution in [1.29, 1.82) is 10.8 Å². The summed E-state index contributed by atoms with van der Waals surface area (Å²) >= 11 is 0. The van der Waals surface area contributed by atoms with Crippen LogP contribution in [0.3, 0.4) is 0 Å². The number of carbonyl (C=O) groups excluding carboxylic acids is 1. The second kappa shape index (κ2) is 11.7. The van der Waals surface area contributed by atoms with Gasteiger partial charge in [0.25, 0.3) is 0 Å². The van der Waals surface area contributed by atoms with Gasteiger partial charge < -0.3 is 26.6 Å². The number of fused-ring (bicyclic) bond motifs is 1. The number of benzene rings is 3. The van der Waals surface area contributed by atoms with E-state index in [-0.39, 0.29) is 43.0 Å². The van der Waals surface area contributed by atoms with Crippen molar-refractivity contribution in [2.75, 3.05) is 5.32 Å². The van der Waals surface area contributed by atoms with Crippen LogP contribution in [0.5, 0.6) is 5.75 Å². The fraction of sp³-hybridized carbons (Fsp3) is 0.0909. The van der Waals surface area contributed by atoms with Crippen LogP contribution < -0.4 is 21.5 Å². The maximum atomic E-state index is 12.4. The van der Waals surface area contributed by atoms with Crippen molar-refractivity contribution in [1.82, 2.24) is 0 Å². The zero-order valence-corrected chi connectivity index (χ0v) is 18.8. The normalized spacial score (nSPS) is 10.8. The van der Waals surface area contributed by atoms with Gasteiger partial charge in [0, 0.05) is 5.69 Å². The summed E-state index contributed by atoms with van der Waals surface area (Å²) in [4.78, 5) is 23.6. The lowest BCUT2D eigenvalue weighted by Crippen LogP contribution is -2.31. The first kappa shape index (κ1) is 27.2. The van der Waals surface area contributed by atoms with Crippen molar-refractivity contribution in [3.63, 3.8) is 0 Å². The lowest BCUT2D eigenvalue weighted by Gasteiger charge is -2.11. The summed E-state index contributed by atoms with van der Waals surface area (Å²) in [6, 6.07) is 16.9. The summed E-state index contributed by atoms with van der Waals surface area (Å²) in [7, 11) is 0. The Morgan fingerprint density at radius 3 is 2.12 bits per heavy atom. The van der Waals surface area contributed by atoms with Gasteiger partial charge in [-0.3, -0.25) is 15.6 Å². The van der Waals surface area contributed by atoms with Gasteiger partial charge in [-0.25, -0.2) is 4.79 Å². The van der Waals surface area contributed by atoms with E-state index in [1.54, 1.807) is 54.6 Å². The number of nitrogens with one attached hydrogen (secondary N) is 3. The molecule has 3 aromatic carbocycles. The number of rotatable bonds is 7. The first-order valence-electron chi connectivity index (χ1n) is 9.25. The monoisotopic (exact) mass is 491 g/mol. The molecule has 0 amide bonds. The molecular weight excluding hydrogens is 469 g/mol. The summed E-state index contributed by atoms with van der Waals surface area (Å²) in [5.41, 5.74) is 12.3. The molecule has 0 aliphatic heterocycles. The van der Waals surface area contributed by atoms with E-state index in [9.17, 15) is 14.7 Å². The van der Waals surface area contributed by atoms with E-state index in [0.717, 1.165) is 16.3 Å². The summed E-state index contributed by atoms with van der Waals surface area (Å²) in [6.07, 6.45) is 0.117. The molecular formula is C22H23Cl2N5O4. The lowest BCUT2D eigenvalue weighted by atomic mass is 9.96. The second-order valence-corrected chi connectivity index (χ2v) is 6.90. The van der Waals surface area contributed by atoms with E-state index in [1.807, 2.05) is 6.07 Å². The van der Waals surface area contributed by atoms with Crippen molar-refractivity contribution in [2.45, 2.75) is 6.42 Å². The van der Waals surface area contributed by atoms with Crippen LogP contribution in [0.4, 0.5) is 5.69 Å². The van der Waals surface area contributed by atoms with Crippen molar-refractivity contribution in [3.05, 3.63) is 71.8 Å². The molecule has 11 heteroatoms.